The van der Waals surface area contributed by atoms with Crippen molar-refractivity contribution < 1.29 is 38.1 Å². The van der Waals surface area contributed by atoms with Gasteiger partial charge in [-0.2, -0.15) is 0 Å². The number of epoxide rings is 2. The molecular weight excluding hydrogens is 829 g/mol. The number of ether oxygens (including phenoxy) is 4. The number of imide groups is 2. The molecule has 4 unspecified atom stereocenters. The molecule has 352 valence electrons. The third kappa shape index (κ3) is 10.2. The maximum atomic E-state index is 14.5. The highest BCUT2D eigenvalue weighted by Crippen LogP contribution is 2.46. The molecule has 0 spiro atoms. The number of carbonyl (C=O) groups is 4. The molecule has 4 amide bonds. The van der Waals surface area contributed by atoms with Gasteiger partial charge in [0, 0.05) is 59.3 Å². The summed E-state index contributed by atoms with van der Waals surface area (Å²) in [6.45, 7) is 8.17. The second-order valence-electron chi connectivity index (χ2n) is 19.7. The minimum atomic E-state index is -0.223. The summed E-state index contributed by atoms with van der Waals surface area (Å²) in [5, 5.41) is 6.86. The number of amides is 4. The van der Waals surface area contributed by atoms with Crippen LogP contribution in [0, 0.1) is 11.8 Å². The standard InChI is InChI=1S/C56H70N2O8/c1-3-5-7-13-19-37(21-15-9-11-17-31-63-47-35-65-47)33-57-53(59)43-27-23-39-41-25-29-45-52-46(30-26-42(50(41)52)40-24-28-44(54(57)60)51(43)49(39)40)56(62)58(55(45)61)34-38(20-14-8-6-4-2)22-16-10-12-18-32-64-48-36-66-48/h23-30,37-38,47-48H,3-22,31-36H2,1-2H3. The molecule has 4 aliphatic rings. The largest absolute Gasteiger partial charge is 0.350 e. The van der Waals surface area contributed by atoms with Gasteiger partial charge in [-0.3, -0.25) is 29.0 Å². The highest BCUT2D eigenvalue weighted by molar-refractivity contribution is 6.41. The Morgan fingerprint density at radius 1 is 0.439 bits per heavy atom. The number of fused-ring (bicyclic) bond motifs is 2. The monoisotopic (exact) mass is 899 g/mol. The Kier molecular flexibility index (Phi) is 15.3. The van der Waals surface area contributed by atoms with Gasteiger partial charge in [-0.1, -0.05) is 128 Å². The van der Waals surface area contributed by atoms with Crippen molar-refractivity contribution in [2.45, 2.75) is 155 Å². The molecule has 4 aliphatic heterocycles. The smallest absolute Gasteiger partial charge is 0.261 e. The predicted octanol–water partition coefficient (Wildman–Crippen LogP) is 12.7. The van der Waals surface area contributed by atoms with Crippen molar-refractivity contribution >= 4 is 66.7 Å². The number of nitrogens with zero attached hydrogens (tertiary/aromatic N) is 2. The Bertz CT molecular complexity index is 2230. The fourth-order valence-electron chi connectivity index (χ4n) is 11.1. The number of rotatable bonds is 30. The van der Waals surface area contributed by atoms with Crippen molar-refractivity contribution in [2.24, 2.45) is 11.8 Å². The van der Waals surface area contributed by atoms with Gasteiger partial charge in [0.15, 0.2) is 12.6 Å². The lowest BCUT2D eigenvalue weighted by atomic mass is 9.82. The van der Waals surface area contributed by atoms with Gasteiger partial charge in [-0.05, 0) is 107 Å². The van der Waals surface area contributed by atoms with Crippen LogP contribution in [0.25, 0.3) is 43.1 Å². The molecule has 5 aromatic carbocycles. The molecule has 10 nitrogen and oxygen atoms in total. The average Bonchev–Trinajstić information content (AvgIpc) is 4.28. The summed E-state index contributed by atoms with van der Waals surface area (Å²) in [5.41, 5.74) is 2.25. The lowest BCUT2D eigenvalue weighted by Gasteiger charge is -2.32. The van der Waals surface area contributed by atoms with E-state index in [-0.39, 0.29) is 48.0 Å². The van der Waals surface area contributed by atoms with Crippen molar-refractivity contribution in [1.29, 1.82) is 0 Å². The normalized spacial score (nSPS) is 18.8. The van der Waals surface area contributed by atoms with Gasteiger partial charge in [-0.25, -0.2) is 0 Å². The highest BCUT2D eigenvalue weighted by atomic mass is 16.8. The minimum Gasteiger partial charge on any atom is -0.350 e. The maximum Gasteiger partial charge on any atom is 0.261 e. The molecule has 5 aromatic rings. The lowest BCUT2D eigenvalue weighted by molar-refractivity contribution is 0.0475. The fraction of sp³-hybridized carbons (Fsp3) is 0.571. The molecule has 9 rings (SSSR count). The van der Waals surface area contributed by atoms with Crippen LogP contribution in [0.1, 0.15) is 184 Å². The molecule has 0 N–H and O–H groups in total. The first-order chi connectivity index (χ1) is 32.4. The molecule has 0 aliphatic carbocycles. The maximum absolute atomic E-state index is 14.5. The fourth-order valence-corrected chi connectivity index (χ4v) is 11.1. The van der Waals surface area contributed by atoms with E-state index in [0.29, 0.717) is 59.3 Å². The van der Waals surface area contributed by atoms with Crippen molar-refractivity contribution in [3.05, 3.63) is 70.8 Å². The van der Waals surface area contributed by atoms with Crippen LogP contribution in [0.3, 0.4) is 0 Å². The molecule has 4 atom stereocenters. The third-order valence-corrected chi connectivity index (χ3v) is 14.8. The molecule has 0 aromatic heterocycles. The third-order valence-electron chi connectivity index (χ3n) is 14.8. The zero-order chi connectivity index (χ0) is 45.6. The Morgan fingerprint density at radius 2 is 0.742 bits per heavy atom. The van der Waals surface area contributed by atoms with E-state index in [0.717, 1.165) is 161 Å². The van der Waals surface area contributed by atoms with Gasteiger partial charge in [0.2, 0.25) is 0 Å². The van der Waals surface area contributed by atoms with Crippen LogP contribution < -0.4 is 0 Å². The van der Waals surface area contributed by atoms with E-state index in [1.807, 2.05) is 48.5 Å². The first-order valence-corrected chi connectivity index (χ1v) is 25.8. The van der Waals surface area contributed by atoms with Crippen LogP contribution in [-0.2, 0) is 18.9 Å². The van der Waals surface area contributed by atoms with Crippen LogP contribution >= 0.6 is 0 Å². The quantitative estimate of drug-likeness (QED) is 0.0147. The van der Waals surface area contributed by atoms with Crippen molar-refractivity contribution in [2.75, 3.05) is 39.5 Å². The Balaban J connectivity index is 0.946. The number of unbranched alkanes of at least 4 members (excludes halogenated alkanes) is 12. The van der Waals surface area contributed by atoms with Crippen LogP contribution in [0.2, 0.25) is 0 Å². The molecular formula is C56H70N2O8. The summed E-state index contributed by atoms with van der Waals surface area (Å²) in [6.07, 6.45) is 21.7. The van der Waals surface area contributed by atoms with Gasteiger partial charge in [-0.15, -0.1) is 0 Å². The summed E-state index contributed by atoms with van der Waals surface area (Å²) >= 11 is 0. The molecule has 2 fully saturated rings. The zero-order valence-electron chi connectivity index (χ0n) is 39.5. The van der Waals surface area contributed by atoms with E-state index in [4.69, 9.17) is 18.9 Å². The lowest BCUT2D eigenvalue weighted by Crippen LogP contribution is -2.43. The van der Waals surface area contributed by atoms with Gasteiger partial charge in [0.05, 0.1) is 0 Å². The molecule has 2 saturated heterocycles. The van der Waals surface area contributed by atoms with E-state index >= 15 is 0 Å². The number of carbonyl (C=O) groups excluding carboxylic acids is 4. The topological polar surface area (TPSA) is 118 Å². The molecule has 10 heteroatoms. The SMILES string of the molecule is CCCCCCC(CCCCCCOC1CO1)CN1C(=O)c2ccc3c4ccc5c6c(ccc(c7ccc(c2c37)C1=O)c64)C(=O)N(CC(CCCCCC)CCCCCCOC1CO1)C5=O. The summed E-state index contributed by atoms with van der Waals surface area (Å²) in [6, 6.07) is 15.6. The number of hydrogen-bond acceptors (Lipinski definition) is 8. The Labute approximate surface area is 390 Å². The Hall–Kier alpha value is -4.48. The van der Waals surface area contributed by atoms with Crippen LogP contribution in [-0.4, -0.2) is 85.5 Å². The van der Waals surface area contributed by atoms with Crippen LogP contribution in [0.4, 0.5) is 0 Å². The molecule has 0 bridgehead atoms. The van der Waals surface area contributed by atoms with Crippen LogP contribution in [0.5, 0.6) is 0 Å². The van der Waals surface area contributed by atoms with Crippen molar-refractivity contribution in [3.8, 4) is 0 Å². The van der Waals surface area contributed by atoms with E-state index < -0.39 is 0 Å². The zero-order valence-corrected chi connectivity index (χ0v) is 39.5. The highest BCUT2D eigenvalue weighted by Gasteiger charge is 2.38. The van der Waals surface area contributed by atoms with E-state index in [9.17, 15) is 19.2 Å². The van der Waals surface area contributed by atoms with Gasteiger partial charge in [0.1, 0.15) is 13.2 Å². The minimum absolute atomic E-state index is 0.00379. The molecule has 0 saturated carbocycles. The van der Waals surface area contributed by atoms with Crippen molar-refractivity contribution in [1.82, 2.24) is 9.80 Å². The second kappa shape index (κ2) is 21.6. The summed E-state index contributed by atoms with van der Waals surface area (Å²) in [4.78, 5) is 61.2. The predicted molar refractivity (Wildman–Crippen MR) is 260 cm³/mol. The number of benzene rings is 5. The van der Waals surface area contributed by atoms with E-state index in [1.165, 1.54) is 22.6 Å². The first-order valence-electron chi connectivity index (χ1n) is 25.8. The van der Waals surface area contributed by atoms with Gasteiger partial charge >= 0.3 is 0 Å². The first kappa shape index (κ1) is 46.6. The average molecular weight is 899 g/mol. The summed E-state index contributed by atoms with van der Waals surface area (Å²) in [7, 11) is 0. The molecule has 4 heterocycles. The van der Waals surface area contributed by atoms with Gasteiger partial charge in [0.25, 0.3) is 23.6 Å². The van der Waals surface area contributed by atoms with Crippen molar-refractivity contribution in [3.63, 3.8) is 0 Å². The van der Waals surface area contributed by atoms with E-state index in [1.54, 1.807) is 0 Å². The van der Waals surface area contributed by atoms with E-state index in [2.05, 4.69) is 13.8 Å². The summed E-state index contributed by atoms with van der Waals surface area (Å²) in [5.74, 6) is -0.404. The Morgan fingerprint density at radius 3 is 1.05 bits per heavy atom. The van der Waals surface area contributed by atoms with Crippen LogP contribution in [0.15, 0.2) is 48.5 Å². The summed E-state index contributed by atoms with van der Waals surface area (Å²) < 4.78 is 21.6. The molecule has 66 heavy (non-hydrogen) atoms. The number of hydrogen-bond donors (Lipinski definition) is 0. The second-order valence-corrected chi connectivity index (χ2v) is 19.7. The van der Waals surface area contributed by atoms with Gasteiger partial charge < -0.3 is 18.9 Å². The molecule has 0 radical (unpaired) electrons.